The number of rotatable bonds is 0. The summed E-state index contributed by atoms with van der Waals surface area (Å²) in [6.45, 7) is -3.82. The molecule has 0 atom stereocenters. The van der Waals surface area contributed by atoms with Crippen LogP contribution in [0.5, 0.6) is 0 Å². The Morgan fingerprint density at radius 1 is 1.05 bits per heavy atom. The summed E-state index contributed by atoms with van der Waals surface area (Å²) in [6.07, 6.45) is 3.25. The van der Waals surface area contributed by atoms with Crippen molar-refractivity contribution in [1.82, 2.24) is 0 Å². The lowest BCUT2D eigenvalue weighted by Crippen LogP contribution is -2.71. The van der Waals surface area contributed by atoms with Crippen LogP contribution in [-0.2, 0) is 0 Å². The van der Waals surface area contributed by atoms with E-state index in [9.17, 15) is 8.63 Å². The Morgan fingerprint density at radius 3 is 2.74 bits per heavy atom. The van der Waals surface area contributed by atoms with Crippen LogP contribution in [0.4, 0.5) is 14.3 Å². The Labute approximate surface area is 113 Å². The molecule has 2 aliphatic heterocycles. The third kappa shape index (κ3) is 1.40. The van der Waals surface area contributed by atoms with Crippen molar-refractivity contribution >= 4 is 30.5 Å². The van der Waals surface area contributed by atoms with Crippen LogP contribution in [0.2, 0.25) is 0 Å². The molecule has 1 aromatic heterocycles. The van der Waals surface area contributed by atoms with Crippen molar-refractivity contribution < 1.29 is 13.1 Å². The molecule has 19 heavy (non-hydrogen) atoms. The van der Waals surface area contributed by atoms with E-state index in [1.165, 1.54) is 18.0 Å². The SMILES string of the molecule is F[B-]1(F)N2C(=Cc3cccc[n+]31)Sc1ccccc12. The first-order valence-electron chi connectivity index (χ1n) is 5.98. The lowest BCUT2D eigenvalue weighted by atomic mass is 9.89. The van der Waals surface area contributed by atoms with Crippen molar-refractivity contribution in [3.63, 3.8) is 0 Å². The third-order valence-electron chi connectivity index (χ3n) is 3.42. The number of pyridine rings is 1. The maximum Gasteiger partial charge on any atom is 0.737 e. The van der Waals surface area contributed by atoms with E-state index in [2.05, 4.69) is 0 Å². The Morgan fingerprint density at radius 2 is 1.84 bits per heavy atom. The van der Waals surface area contributed by atoms with Crippen LogP contribution in [0.25, 0.3) is 6.08 Å². The highest BCUT2D eigenvalue weighted by Gasteiger charge is 2.54. The molecule has 2 nitrogen and oxygen atoms in total. The first kappa shape index (κ1) is 11.0. The maximum absolute atomic E-state index is 14.7. The molecule has 0 bridgehead atoms. The van der Waals surface area contributed by atoms with E-state index in [4.69, 9.17) is 0 Å². The van der Waals surface area contributed by atoms with Crippen LogP contribution in [0.15, 0.2) is 58.6 Å². The molecule has 1 aromatic carbocycles. The topological polar surface area (TPSA) is 7.12 Å². The van der Waals surface area contributed by atoms with Crippen LogP contribution < -0.4 is 9.29 Å². The number of para-hydroxylation sites is 1. The van der Waals surface area contributed by atoms with Gasteiger partial charge in [0.1, 0.15) is 6.20 Å². The first-order chi connectivity index (χ1) is 9.18. The fourth-order valence-electron chi connectivity index (χ4n) is 2.57. The molecule has 0 spiro atoms. The number of halogens is 2. The first-order valence-corrected chi connectivity index (χ1v) is 6.80. The van der Waals surface area contributed by atoms with Crippen LogP contribution in [-0.4, -0.2) is 6.97 Å². The molecule has 2 aliphatic rings. The molecular formula is C13H9BF2N2S. The van der Waals surface area contributed by atoms with Gasteiger partial charge in [0.2, 0.25) is 0 Å². The smallest absolute Gasteiger partial charge is 0.389 e. The summed E-state index contributed by atoms with van der Waals surface area (Å²) in [6, 6.07) is 12.4. The monoisotopic (exact) mass is 274 g/mol. The van der Waals surface area contributed by atoms with Gasteiger partial charge < -0.3 is 17.9 Å². The van der Waals surface area contributed by atoms with Gasteiger partial charge in [-0.05, 0) is 18.2 Å². The standard InChI is InChI=1S/C13H9BF2N2S/c15-14(16)17-8-4-3-5-10(17)9-13-18(14)11-6-1-2-7-12(11)19-13/h1-9H. The number of aromatic nitrogens is 1. The fourth-order valence-corrected chi connectivity index (χ4v) is 3.71. The number of hydrogen-bond donors (Lipinski definition) is 0. The second-order valence-electron chi connectivity index (χ2n) is 4.54. The van der Waals surface area contributed by atoms with E-state index in [-0.39, 0.29) is 0 Å². The summed E-state index contributed by atoms with van der Waals surface area (Å²) in [5.41, 5.74) is 1.13. The number of hydrogen-bond acceptors (Lipinski definition) is 2. The summed E-state index contributed by atoms with van der Waals surface area (Å²) < 4.78 is 30.5. The molecule has 0 aliphatic carbocycles. The zero-order chi connectivity index (χ0) is 13.0. The van der Waals surface area contributed by atoms with E-state index < -0.39 is 6.97 Å². The van der Waals surface area contributed by atoms with Crippen molar-refractivity contribution in [3.8, 4) is 0 Å². The van der Waals surface area contributed by atoms with Gasteiger partial charge in [0, 0.05) is 22.7 Å². The molecule has 0 saturated carbocycles. The van der Waals surface area contributed by atoms with Gasteiger partial charge in [0.15, 0.2) is 5.69 Å². The lowest BCUT2D eigenvalue weighted by Gasteiger charge is -2.35. The number of benzene rings is 1. The molecule has 0 unspecified atom stereocenters. The van der Waals surface area contributed by atoms with Crippen LogP contribution in [0.3, 0.4) is 0 Å². The summed E-state index contributed by atoms with van der Waals surface area (Å²) in [4.78, 5) is 2.04. The fraction of sp³-hybridized carbons (Fsp3) is 0. The van der Waals surface area contributed by atoms with Crippen molar-refractivity contribution in [2.24, 2.45) is 0 Å². The summed E-state index contributed by atoms with van der Waals surface area (Å²) >= 11 is 1.40. The van der Waals surface area contributed by atoms with Gasteiger partial charge in [0.05, 0.1) is 5.03 Å². The van der Waals surface area contributed by atoms with E-state index in [0.29, 0.717) is 16.4 Å². The minimum atomic E-state index is -3.82. The quantitative estimate of drug-likeness (QED) is 0.681. The predicted molar refractivity (Wildman–Crippen MR) is 72.8 cm³/mol. The van der Waals surface area contributed by atoms with Crippen LogP contribution >= 0.6 is 11.8 Å². The van der Waals surface area contributed by atoms with Crippen LogP contribution in [0, 0.1) is 0 Å². The zero-order valence-corrected chi connectivity index (χ0v) is 10.6. The van der Waals surface area contributed by atoms with Crippen molar-refractivity contribution in [2.45, 2.75) is 4.90 Å². The second-order valence-corrected chi connectivity index (χ2v) is 5.61. The van der Waals surface area contributed by atoms with Crippen LogP contribution in [0.1, 0.15) is 5.69 Å². The Balaban J connectivity index is 1.99. The summed E-state index contributed by atoms with van der Waals surface area (Å²) in [5.74, 6) is 0. The molecule has 3 heterocycles. The van der Waals surface area contributed by atoms with E-state index in [0.717, 1.165) is 14.2 Å². The number of thioether (sulfide) groups is 1. The van der Waals surface area contributed by atoms with Gasteiger partial charge in [-0.2, -0.15) is 0 Å². The van der Waals surface area contributed by atoms with Gasteiger partial charge >= 0.3 is 6.97 Å². The largest absolute Gasteiger partial charge is 0.737 e. The van der Waals surface area contributed by atoms with E-state index >= 15 is 0 Å². The van der Waals surface area contributed by atoms with Gasteiger partial charge in [0.25, 0.3) is 0 Å². The van der Waals surface area contributed by atoms with Crippen molar-refractivity contribution in [2.75, 3.05) is 4.81 Å². The molecule has 0 fully saturated rings. The minimum Gasteiger partial charge on any atom is -0.389 e. The van der Waals surface area contributed by atoms with Gasteiger partial charge in [-0.1, -0.05) is 30.0 Å². The maximum atomic E-state index is 14.7. The molecule has 0 radical (unpaired) electrons. The Hall–Kier alpha value is -1.82. The van der Waals surface area contributed by atoms with Crippen molar-refractivity contribution in [1.29, 1.82) is 0 Å². The second kappa shape index (κ2) is 3.60. The highest BCUT2D eigenvalue weighted by atomic mass is 32.2. The normalized spacial score (nSPS) is 18.4. The Kier molecular flexibility index (Phi) is 2.10. The highest BCUT2D eigenvalue weighted by Crippen LogP contribution is 2.49. The molecule has 2 aromatic rings. The highest BCUT2D eigenvalue weighted by molar-refractivity contribution is 8.04. The van der Waals surface area contributed by atoms with E-state index in [1.807, 2.05) is 18.2 Å². The summed E-state index contributed by atoms with van der Waals surface area (Å²) in [5, 5.41) is 0.595. The minimum absolute atomic E-state index is 0.541. The molecule has 4 rings (SSSR count). The number of fused-ring (bicyclic) bond motifs is 4. The van der Waals surface area contributed by atoms with Gasteiger partial charge in [-0.15, -0.1) is 0 Å². The predicted octanol–water partition coefficient (Wildman–Crippen LogP) is 3.12. The Bertz CT molecular complexity index is 717. The molecule has 94 valence electrons. The average Bonchev–Trinajstić information content (AvgIpc) is 2.77. The van der Waals surface area contributed by atoms with Crippen molar-refractivity contribution in [3.05, 3.63) is 59.4 Å². The van der Waals surface area contributed by atoms with Gasteiger partial charge in [-0.25, -0.2) is 0 Å². The molecule has 0 saturated heterocycles. The zero-order valence-electron chi connectivity index (χ0n) is 9.83. The molecule has 0 N–H and O–H groups in total. The molecule has 6 heteroatoms. The average molecular weight is 274 g/mol. The van der Waals surface area contributed by atoms with E-state index in [1.54, 1.807) is 30.3 Å². The summed E-state index contributed by atoms with van der Waals surface area (Å²) in [7, 11) is 0. The number of nitrogens with zero attached hydrogens (tertiary/aromatic N) is 2. The number of anilines is 1. The lowest BCUT2D eigenvalue weighted by molar-refractivity contribution is -0.569. The van der Waals surface area contributed by atoms with Gasteiger partial charge in [-0.3, -0.25) is 0 Å². The molecule has 0 amide bonds. The third-order valence-corrected chi connectivity index (χ3v) is 4.51. The molecular weight excluding hydrogens is 265 g/mol.